The molecule has 1 aromatic carbocycles. The van der Waals surface area contributed by atoms with Crippen molar-refractivity contribution in [1.82, 2.24) is 0 Å². The highest BCUT2D eigenvalue weighted by atomic mass is 19.1. The molecule has 0 unspecified atom stereocenters. The third-order valence-electron chi connectivity index (χ3n) is 2.38. The summed E-state index contributed by atoms with van der Waals surface area (Å²) >= 11 is 0. The highest BCUT2D eigenvalue weighted by Crippen LogP contribution is 2.17. The highest BCUT2D eigenvalue weighted by Gasteiger charge is 2.11. The summed E-state index contributed by atoms with van der Waals surface area (Å²) in [4.78, 5) is 11.6. The van der Waals surface area contributed by atoms with Crippen molar-refractivity contribution in [3.63, 3.8) is 0 Å². The van der Waals surface area contributed by atoms with Crippen LogP contribution in [-0.2, 0) is 4.74 Å². The number of carbonyl (C=O) groups is 1. The van der Waals surface area contributed by atoms with E-state index in [2.05, 4.69) is 20.8 Å². The van der Waals surface area contributed by atoms with Gasteiger partial charge >= 0.3 is 0 Å². The number of Topliss-reactive ketones (excluding diaryl/α,β-unsaturated/α-hetero) is 1. The molecule has 0 heterocycles. The molecule has 17 heavy (non-hydrogen) atoms. The maximum atomic E-state index is 12.9. The lowest BCUT2D eigenvalue weighted by atomic mass is 9.93. The Labute approximate surface area is 102 Å². The van der Waals surface area contributed by atoms with Crippen molar-refractivity contribution in [2.75, 3.05) is 13.2 Å². The largest absolute Gasteiger partial charge is 0.373 e. The van der Waals surface area contributed by atoms with Crippen LogP contribution in [0.1, 0.15) is 37.6 Å². The maximum absolute atomic E-state index is 12.9. The molecule has 0 N–H and O–H groups in total. The van der Waals surface area contributed by atoms with Gasteiger partial charge in [-0.15, -0.1) is 0 Å². The molecule has 0 saturated carbocycles. The Balaban J connectivity index is 2.36. The zero-order valence-electron chi connectivity index (χ0n) is 10.6. The number of halogens is 1. The first-order chi connectivity index (χ1) is 7.88. The van der Waals surface area contributed by atoms with Crippen LogP contribution in [0, 0.1) is 11.2 Å². The van der Waals surface area contributed by atoms with Gasteiger partial charge in [-0.1, -0.05) is 32.9 Å². The van der Waals surface area contributed by atoms with Gasteiger partial charge in [-0.2, -0.15) is 0 Å². The van der Waals surface area contributed by atoms with Gasteiger partial charge in [0.25, 0.3) is 0 Å². The number of rotatable bonds is 5. The van der Waals surface area contributed by atoms with E-state index in [1.807, 2.05) is 0 Å². The number of hydrogen-bond donors (Lipinski definition) is 0. The summed E-state index contributed by atoms with van der Waals surface area (Å²) in [6.45, 7) is 6.91. The zero-order chi connectivity index (χ0) is 12.9. The molecular formula is C14H19FO2. The van der Waals surface area contributed by atoms with Crippen molar-refractivity contribution in [1.29, 1.82) is 0 Å². The van der Waals surface area contributed by atoms with E-state index in [1.165, 1.54) is 18.2 Å². The van der Waals surface area contributed by atoms with E-state index in [4.69, 9.17) is 4.74 Å². The molecule has 0 aliphatic heterocycles. The molecule has 0 atom stereocenters. The fourth-order valence-corrected chi connectivity index (χ4v) is 1.29. The van der Waals surface area contributed by atoms with Crippen molar-refractivity contribution in [2.45, 2.75) is 27.2 Å². The van der Waals surface area contributed by atoms with Gasteiger partial charge in [-0.3, -0.25) is 4.79 Å². The summed E-state index contributed by atoms with van der Waals surface area (Å²) in [5.41, 5.74) is 0.558. The van der Waals surface area contributed by atoms with E-state index >= 15 is 0 Å². The average Bonchev–Trinajstić information content (AvgIpc) is 2.23. The van der Waals surface area contributed by atoms with Crippen molar-refractivity contribution in [3.05, 3.63) is 35.6 Å². The SMILES string of the molecule is CC(C)(C)CCOCC(=O)c1cccc(F)c1. The third kappa shape index (κ3) is 5.59. The first-order valence-corrected chi connectivity index (χ1v) is 5.75. The van der Waals surface area contributed by atoms with Crippen LogP contribution in [0.4, 0.5) is 4.39 Å². The predicted molar refractivity (Wildman–Crippen MR) is 65.6 cm³/mol. The van der Waals surface area contributed by atoms with E-state index in [1.54, 1.807) is 6.07 Å². The molecule has 0 bridgehead atoms. The number of ketones is 1. The standard InChI is InChI=1S/C14H19FO2/c1-14(2,3)7-8-17-10-13(16)11-5-4-6-12(15)9-11/h4-6,9H,7-8,10H2,1-3H3. The first kappa shape index (κ1) is 13.8. The van der Waals surface area contributed by atoms with Crippen LogP contribution < -0.4 is 0 Å². The Hall–Kier alpha value is -1.22. The summed E-state index contributed by atoms with van der Waals surface area (Å²) in [6.07, 6.45) is 0.892. The Morgan fingerprint density at radius 3 is 2.65 bits per heavy atom. The van der Waals surface area contributed by atoms with Gasteiger partial charge < -0.3 is 4.74 Å². The fraction of sp³-hybridized carbons (Fsp3) is 0.500. The van der Waals surface area contributed by atoms with Crippen molar-refractivity contribution in [3.8, 4) is 0 Å². The number of benzene rings is 1. The molecule has 1 rings (SSSR count). The summed E-state index contributed by atoms with van der Waals surface area (Å²) in [7, 11) is 0. The molecule has 1 aromatic rings. The van der Waals surface area contributed by atoms with Gasteiger partial charge in [0.1, 0.15) is 12.4 Å². The predicted octanol–water partition coefficient (Wildman–Crippen LogP) is 3.46. The lowest BCUT2D eigenvalue weighted by Crippen LogP contribution is -2.14. The molecule has 0 spiro atoms. The molecule has 3 heteroatoms. The van der Waals surface area contributed by atoms with E-state index in [0.29, 0.717) is 12.2 Å². The summed E-state index contributed by atoms with van der Waals surface area (Å²) < 4.78 is 18.2. The highest BCUT2D eigenvalue weighted by molar-refractivity contribution is 5.97. The van der Waals surface area contributed by atoms with Crippen molar-refractivity contribution in [2.24, 2.45) is 5.41 Å². The van der Waals surface area contributed by atoms with Gasteiger partial charge in [0, 0.05) is 12.2 Å². The van der Waals surface area contributed by atoms with Gasteiger partial charge in [0.05, 0.1) is 0 Å². The van der Waals surface area contributed by atoms with Crippen LogP contribution in [0.3, 0.4) is 0 Å². The van der Waals surface area contributed by atoms with Gasteiger partial charge in [-0.05, 0) is 24.0 Å². The van der Waals surface area contributed by atoms with E-state index in [0.717, 1.165) is 6.42 Å². The van der Waals surface area contributed by atoms with Crippen LogP contribution in [0.25, 0.3) is 0 Å². The monoisotopic (exact) mass is 238 g/mol. The lowest BCUT2D eigenvalue weighted by Gasteiger charge is -2.17. The van der Waals surface area contributed by atoms with Gasteiger partial charge in [0.15, 0.2) is 5.78 Å². The quantitative estimate of drug-likeness (QED) is 0.580. The molecule has 0 amide bonds. The Kier molecular flexibility index (Phi) is 4.82. The Morgan fingerprint density at radius 2 is 2.06 bits per heavy atom. The van der Waals surface area contributed by atoms with Crippen LogP contribution in [0.5, 0.6) is 0 Å². The molecule has 94 valence electrons. The summed E-state index contributed by atoms with van der Waals surface area (Å²) in [6, 6.07) is 5.67. The molecule has 0 saturated heterocycles. The van der Waals surface area contributed by atoms with Crippen LogP contribution in [0.2, 0.25) is 0 Å². The zero-order valence-corrected chi connectivity index (χ0v) is 10.6. The van der Waals surface area contributed by atoms with Crippen LogP contribution >= 0.6 is 0 Å². The molecular weight excluding hydrogens is 219 g/mol. The van der Waals surface area contributed by atoms with Crippen molar-refractivity contribution < 1.29 is 13.9 Å². The molecule has 0 aromatic heterocycles. The topological polar surface area (TPSA) is 26.3 Å². The van der Waals surface area contributed by atoms with E-state index in [-0.39, 0.29) is 17.8 Å². The number of ether oxygens (including phenoxy) is 1. The summed E-state index contributed by atoms with van der Waals surface area (Å²) in [5, 5.41) is 0. The average molecular weight is 238 g/mol. The van der Waals surface area contributed by atoms with E-state index in [9.17, 15) is 9.18 Å². The third-order valence-corrected chi connectivity index (χ3v) is 2.38. The van der Waals surface area contributed by atoms with E-state index < -0.39 is 5.82 Å². The van der Waals surface area contributed by atoms with Gasteiger partial charge in [-0.25, -0.2) is 4.39 Å². The van der Waals surface area contributed by atoms with Crippen molar-refractivity contribution >= 4 is 5.78 Å². The Bertz CT molecular complexity index is 380. The van der Waals surface area contributed by atoms with Gasteiger partial charge in [0.2, 0.25) is 0 Å². The molecule has 0 aliphatic rings. The Morgan fingerprint density at radius 1 is 1.35 bits per heavy atom. The molecule has 0 fully saturated rings. The second kappa shape index (κ2) is 5.92. The first-order valence-electron chi connectivity index (χ1n) is 5.75. The molecule has 2 nitrogen and oxygen atoms in total. The minimum absolute atomic E-state index is 0.0134. The molecule has 0 radical (unpaired) electrons. The minimum atomic E-state index is -0.398. The van der Waals surface area contributed by atoms with Crippen LogP contribution in [0.15, 0.2) is 24.3 Å². The fourth-order valence-electron chi connectivity index (χ4n) is 1.29. The number of carbonyl (C=O) groups excluding carboxylic acids is 1. The second-order valence-electron chi connectivity index (χ2n) is 5.30. The number of hydrogen-bond acceptors (Lipinski definition) is 2. The normalized spacial score (nSPS) is 11.5. The minimum Gasteiger partial charge on any atom is -0.373 e. The molecule has 0 aliphatic carbocycles. The smallest absolute Gasteiger partial charge is 0.188 e. The maximum Gasteiger partial charge on any atom is 0.188 e. The lowest BCUT2D eigenvalue weighted by molar-refractivity contribution is 0.0705. The summed E-state index contributed by atoms with van der Waals surface area (Å²) in [5.74, 6) is -0.580. The van der Waals surface area contributed by atoms with Crippen LogP contribution in [-0.4, -0.2) is 19.0 Å². The second-order valence-corrected chi connectivity index (χ2v) is 5.30.